The van der Waals surface area contributed by atoms with E-state index < -0.39 is 15.9 Å². The van der Waals surface area contributed by atoms with Crippen LogP contribution < -0.4 is 10.0 Å². The van der Waals surface area contributed by atoms with E-state index in [9.17, 15) is 13.2 Å². The Hall–Kier alpha value is -3.23. The number of rotatable bonds is 5. The molecule has 0 bridgehead atoms. The second kappa shape index (κ2) is 7.79. The smallest absolute Gasteiger partial charge is 0.258 e. The summed E-state index contributed by atoms with van der Waals surface area (Å²) in [6.07, 6.45) is 5.36. The minimum Gasteiger partial charge on any atom is -0.322 e. The van der Waals surface area contributed by atoms with Crippen molar-refractivity contribution in [1.29, 1.82) is 5.26 Å². The van der Waals surface area contributed by atoms with E-state index in [4.69, 9.17) is 5.26 Å². The zero-order valence-electron chi connectivity index (χ0n) is 14.4. The second-order valence-electron chi connectivity index (χ2n) is 5.75. The molecular weight excluding hydrogens is 448 g/mol. The fraction of sp³-hybridized carbons (Fsp3) is 0.0588. The van der Waals surface area contributed by atoms with Crippen LogP contribution in [0.4, 0.5) is 11.4 Å². The molecule has 0 aliphatic carbocycles. The molecule has 28 heavy (non-hydrogen) atoms. The highest BCUT2D eigenvalue weighted by Crippen LogP contribution is 2.24. The normalized spacial score (nSPS) is 10.9. The van der Waals surface area contributed by atoms with Crippen molar-refractivity contribution in [3.05, 3.63) is 64.5 Å². The van der Waals surface area contributed by atoms with E-state index in [1.165, 1.54) is 29.3 Å². The molecule has 0 spiro atoms. The maximum atomic E-state index is 12.5. The Morgan fingerprint density at radius 1 is 1.25 bits per heavy atom. The molecule has 1 amide bonds. The van der Waals surface area contributed by atoms with Crippen molar-refractivity contribution in [2.45, 2.75) is 0 Å². The van der Waals surface area contributed by atoms with Gasteiger partial charge in [-0.2, -0.15) is 10.4 Å². The first-order valence-corrected chi connectivity index (χ1v) is 10.4. The van der Waals surface area contributed by atoms with Gasteiger partial charge in [-0.3, -0.25) is 9.52 Å². The number of pyridine rings is 1. The average Bonchev–Trinajstić information content (AvgIpc) is 3.10. The molecule has 2 N–H and O–H groups in total. The van der Waals surface area contributed by atoms with E-state index in [1.54, 1.807) is 24.3 Å². The van der Waals surface area contributed by atoms with Gasteiger partial charge in [0.05, 0.1) is 35.3 Å². The van der Waals surface area contributed by atoms with Crippen LogP contribution >= 0.6 is 15.9 Å². The van der Waals surface area contributed by atoms with Crippen molar-refractivity contribution in [3.8, 4) is 11.9 Å². The molecule has 0 unspecified atom stereocenters. The number of hydrogen-bond acceptors (Lipinski definition) is 6. The van der Waals surface area contributed by atoms with Crippen LogP contribution in [0.15, 0.2) is 53.4 Å². The van der Waals surface area contributed by atoms with E-state index in [2.05, 4.69) is 36.1 Å². The Balaban J connectivity index is 1.81. The van der Waals surface area contributed by atoms with Crippen molar-refractivity contribution < 1.29 is 13.2 Å². The van der Waals surface area contributed by atoms with Gasteiger partial charge < -0.3 is 5.32 Å². The highest BCUT2D eigenvalue weighted by atomic mass is 79.9. The highest BCUT2D eigenvalue weighted by Gasteiger charge is 2.12. The fourth-order valence-corrected chi connectivity index (χ4v) is 3.36. The quantitative estimate of drug-likeness (QED) is 0.601. The number of sulfonamides is 1. The van der Waals surface area contributed by atoms with Crippen LogP contribution in [-0.2, 0) is 10.0 Å². The molecule has 1 aromatic carbocycles. The summed E-state index contributed by atoms with van der Waals surface area (Å²) in [7, 11) is -3.45. The van der Waals surface area contributed by atoms with Crippen molar-refractivity contribution in [2.24, 2.45) is 0 Å². The number of nitriles is 1. The molecule has 0 aliphatic rings. The number of nitrogens with zero attached hydrogens (tertiary/aromatic N) is 4. The zero-order chi connectivity index (χ0) is 20.3. The summed E-state index contributed by atoms with van der Waals surface area (Å²) >= 11 is 3.28. The van der Waals surface area contributed by atoms with E-state index in [0.29, 0.717) is 27.2 Å². The van der Waals surface area contributed by atoms with Gasteiger partial charge in [-0.05, 0) is 24.3 Å². The number of halogens is 1. The molecule has 0 radical (unpaired) electrons. The van der Waals surface area contributed by atoms with Gasteiger partial charge in [-0.15, -0.1) is 0 Å². The van der Waals surface area contributed by atoms with Gasteiger partial charge in [0.25, 0.3) is 5.91 Å². The fourth-order valence-electron chi connectivity index (χ4n) is 2.32. The van der Waals surface area contributed by atoms with Crippen LogP contribution in [0.25, 0.3) is 5.82 Å². The summed E-state index contributed by atoms with van der Waals surface area (Å²) in [6.45, 7) is 0. The van der Waals surface area contributed by atoms with Crippen molar-refractivity contribution in [2.75, 3.05) is 16.3 Å². The standard InChI is InChI=1S/C17H13BrN6O3S/c1-28(26,27)23-15-6-13(18)5-14(7-15)22-17(25)12-9-21-24(10-12)16-4-11(8-19)2-3-20-16/h2-7,9-10,23H,1H3,(H,22,25). The van der Waals surface area contributed by atoms with Crippen LogP contribution in [0.1, 0.15) is 15.9 Å². The molecule has 2 heterocycles. The number of nitrogens with one attached hydrogen (secondary N) is 2. The Morgan fingerprint density at radius 3 is 2.71 bits per heavy atom. The topological polar surface area (TPSA) is 130 Å². The average molecular weight is 461 g/mol. The third-order valence-electron chi connectivity index (χ3n) is 3.41. The largest absolute Gasteiger partial charge is 0.322 e. The van der Waals surface area contributed by atoms with Crippen LogP contribution in [0.3, 0.4) is 0 Å². The van der Waals surface area contributed by atoms with E-state index >= 15 is 0 Å². The highest BCUT2D eigenvalue weighted by molar-refractivity contribution is 9.10. The number of benzene rings is 1. The molecular formula is C17H13BrN6O3S. The summed E-state index contributed by atoms with van der Waals surface area (Å²) < 4.78 is 27.1. The monoisotopic (exact) mass is 460 g/mol. The Morgan fingerprint density at radius 2 is 2.00 bits per heavy atom. The summed E-state index contributed by atoms with van der Waals surface area (Å²) in [5.41, 5.74) is 1.39. The predicted octanol–water partition coefficient (Wildman–Crippen LogP) is 2.53. The van der Waals surface area contributed by atoms with Gasteiger partial charge in [0.1, 0.15) is 0 Å². The Bertz CT molecular complexity index is 1200. The van der Waals surface area contributed by atoms with Gasteiger partial charge in [0, 0.05) is 28.6 Å². The molecule has 0 aliphatic heterocycles. The van der Waals surface area contributed by atoms with Crippen LogP contribution in [0, 0.1) is 11.3 Å². The minimum atomic E-state index is -3.45. The lowest BCUT2D eigenvalue weighted by atomic mass is 10.2. The lowest BCUT2D eigenvalue weighted by Crippen LogP contribution is -2.13. The molecule has 0 fully saturated rings. The molecule has 3 aromatic rings. The van der Waals surface area contributed by atoms with Gasteiger partial charge in [0.2, 0.25) is 10.0 Å². The van der Waals surface area contributed by atoms with Gasteiger partial charge >= 0.3 is 0 Å². The van der Waals surface area contributed by atoms with Gasteiger partial charge in [0.15, 0.2) is 5.82 Å². The molecule has 0 saturated heterocycles. The molecule has 142 valence electrons. The molecule has 2 aromatic heterocycles. The lowest BCUT2D eigenvalue weighted by molar-refractivity contribution is 0.102. The molecule has 0 atom stereocenters. The first kappa shape index (κ1) is 19.5. The van der Waals surface area contributed by atoms with Crippen LogP contribution in [0.2, 0.25) is 0 Å². The van der Waals surface area contributed by atoms with Crippen molar-refractivity contribution in [1.82, 2.24) is 14.8 Å². The number of amides is 1. The predicted molar refractivity (Wildman–Crippen MR) is 107 cm³/mol. The van der Waals surface area contributed by atoms with Crippen LogP contribution in [-0.4, -0.2) is 35.3 Å². The first-order valence-electron chi connectivity index (χ1n) is 7.74. The Kier molecular flexibility index (Phi) is 5.43. The second-order valence-corrected chi connectivity index (χ2v) is 8.41. The number of carbonyl (C=O) groups excluding carboxylic acids is 1. The third kappa shape index (κ3) is 4.93. The number of hydrogen-bond donors (Lipinski definition) is 2. The molecule has 9 nitrogen and oxygen atoms in total. The SMILES string of the molecule is CS(=O)(=O)Nc1cc(Br)cc(NC(=O)c2cnn(-c3cc(C#N)ccn3)c2)c1. The van der Waals surface area contributed by atoms with Crippen molar-refractivity contribution >= 4 is 43.2 Å². The third-order valence-corrected chi connectivity index (χ3v) is 4.48. The van der Waals surface area contributed by atoms with Gasteiger partial charge in [-0.25, -0.2) is 18.1 Å². The molecule has 0 saturated carbocycles. The lowest BCUT2D eigenvalue weighted by Gasteiger charge is -2.09. The summed E-state index contributed by atoms with van der Waals surface area (Å²) in [5, 5.41) is 15.7. The number of carbonyl (C=O) groups is 1. The van der Waals surface area contributed by atoms with E-state index in [0.717, 1.165) is 6.26 Å². The van der Waals surface area contributed by atoms with E-state index in [1.807, 2.05) is 6.07 Å². The molecule has 3 rings (SSSR count). The Labute approximate surface area is 169 Å². The zero-order valence-corrected chi connectivity index (χ0v) is 16.8. The maximum Gasteiger partial charge on any atom is 0.258 e. The number of aromatic nitrogens is 3. The summed E-state index contributed by atoms with van der Waals surface area (Å²) in [5.74, 6) is -0.0358. The van der Waals surface area contributed by atoms with Crippen molar-refractivity contribution in [3.63, 3.8) is 0 Å². The summed E-state index contributed by atoms with van der Waals surface area (Å²) in [6, 6.07) is 9.82. The van der Waals surface area contributed by atoms with E-state index in [-0.39, 0.29) is 5.56 Å². The van der Waals surface area contributed by atoms with Gasteiger partial charge in [-0.1, -0.05) is 15.9 Å². The maximum absolute atomic E-state index is 12.5. The minimum absolute atomic E-state index is 0.266. The molecule has 11 heteroatoms. The summed E-state index contributed by atoms with van der Waals surface area (Å²) in [4.78, 5) is 16.6. The first-order chi connectivity index (χ1) is 13.2. The number of anilines is 2. The van der Waals surface area contributed by atoms with Crippen LogP contribution in [0.5, 0.6) is 0 Å².